The van der Waals surface area contributed by atoms with Gasteiger partial charge in [0.15, 0.2) is 5.37 Å². The summed E-state index contributed by atoms with van der Waals surface area (Å²) in [4.78, 5) is 35.9. The molecule has 9 heteroatoms. The summed E-state index contributed by atoms with van der Waals surface area (Å²) in [6.45, 7) is 0. The van der Waals surface area contributed by atoms with Gasteiger partial charge in [-0.15, -0.1) is 0 Å². The first-order valence-electron chi connectivity index (χ1n) is 4.99. The molecule has 1 heterocycles. The lowest BCUT2D eigenvalue weighted by atomic mass is 10.2. The minimum Gasteiger partial charge on any atom is -0.507 e. The predicted octanol–water partition coefficient (Wildman–Crippen LogP) is 1.03. The summed E-state index contributed by atoms with van der Waals surface area (Å²) in [6, 6.07) is 3.43. The molecule has 1 aliphatic heterocycles. The van der Waals surface area contributed by atoms with E-state index in [1.54, 1.807) is 0 Å². The first-order chi connectivity index (χ1) is 8.97. The Hall–Kier alpha value is -2.42. The normalized spacial score (nSPS) is 18.8. The van der Waals surface area contributed by atoms with Crippen molar-refractivity contribution in [2.45, 2.75) is 5.37 Å². The number of hydrogen-bond acceptors (Lipinski definition) is 7. The molecule has 0 aliphatic carbocycles. The molecule has 1 aliphatic rings. The molecule has 98 valence electrons. The number of rotatable bonds is 3. The van der Waals surface area contributed by atoms with Crippen molar-refractivity contribution < 1.29 is 19.6 Å². The van der Waals surface area contributed by atoms with Gasteiger partial charge in [0.1, 0.15) is 5.75 Å². The van der Waals surface area contributed by atoms with Crippen molar-refractivity contribution in [2.75, 3.05) is 0 Å². The summed E-state index contributed by atoms with van der Waals surface area (Å²) < 4.78 is 0. The number of nitrogens with zero attached hydrogens (tertiary/aromatic N) is 2. The number of aromatic hydroxyl groups is 1. The standard InChI is InChI=1S/C10H7N3O5S/c14-7-2-1-6(13(17)18)3-5(7)4-11-9-8(15)12-10(16)19-9/h1-4,9,14H,(H,12,15,16). The van der Waals surface area contributed by atoms with Crippen LogP contribution in [0.1, 0.15) is 5.56 Å². The number of nitro benzene ring substituents is 1. The first kappa shape index (κ1) is 13.0. The summed E-state index contributed by atoms with van der Waals surface area (Å²) >= 11 is 0.696. The van der Waals surface area contributed by atoms with Crippen LogP contribution in [0.25, 0.3) is 0 Å². The van der Waals surface area contributed by atoms with Crippen LogP contribution in [-0.2, 0) is 4.79 Å². The maximum absolute atomic E-state index is 11.2. The maximum Gasteiger partial charge on any atom is 0.288 e. The highest BCUT2D eigenvalue weighted by molar-refractivity contribution is 8.15. The number of hydrogen-bond donors (Lipinski definition) is 2. The summed E-state index contributed by atoms with van der Waals surface area (Å²) in [5, 5.41) is 20.7. The number of phenolic OH excluding ortho intramolecular Hbond substituents is 1. The van der Waals surface area contributed by atoms with E-state index in [9.17, 15) is 24.8 Å². The first-order valence-corrected chi connectivity index (χ1v) is 5.87. The smallest absolute Gasteiger partial charge is 0.288 e. The van der Waals surface area contributed by atoms with E-state index in [-0.39, 0.29) is 17.0 Å². The number of nitrogens with one attached hydrogen (secondary N) is 1. The third-order valence-electron chi connectivity index (χ3n) is 2.24. The quantitative estimate of drug-likeness (QED) is 0.484. The molecule has 19 heavy (non-hydrogen) atoms. The molecule has 0 aromatic heterocycles. The Morgan fingerprint density at radius 3 is 2.79 bits per heavy atom. The van der Waals surface area contributed by atoms with E-state index in [0.29, 0.717) is 11.8 Å². The fraction of sp³-hybridized carbons (Fsp3) is 0.100. The van der Waals surface area contributed by atoms with Crippen molar-refractivity contribution in [3.63, 3.8) is 0 Å². The number of amides is 2. The van der Waals surface area contributed by atoms with Crippen molar-refractivity contribution in [1.82, 2.24) is 5.32 Å². The molecular formula is C10H7N3O5S. The van der Waals surface area contributed by atoms with Crippen molar-refractivity contribution in [1.29, 1.82) is 0 Å². The molecule has 0 bridgehead atoms. The third kappa shape index (κ3) is 2.88. The second-order valence-corrected chi connectivity index (χ2v) is 4.58. The lowest BCUT2D eigenvalue weighted by Gasteiger charge is -2.00. The van der Waals surface area contributed by atoms with Gasteiger partial charge in [0.2, 0.25) is 0 Å². The molecule has 2 N–H and O–H groups in total. The maximum atomic E-state index is 11.2. The van der Waals surface area contributed by atoms with Crippen molar-refractivity contribution in [3.8, 4) is 5.75 Å². The third-order valence-corrected chi connectivity index (χ3v) is 3.11. The summed E-state index contributed by atoms with van der Waals surface area (Å²) in [5.41, 5.74) is -0.110. The number of carbonyl (C=O) groups is 2. The number of non-ortho nitro benzene ring substituents is 1. The van der Waals surface area contributed by atoms with Gasteiger partial charge in [0, 0.05) is 23.9 Å². The molecule has 1 saturated heterocycles. The number of imide groups is 1. The highest BCUT2D eigenvalue weighted by atomic mass is 32.2. The van der Waals surface area contributed by atoms with Gasteiger partial charge in [0.25, 0.3) is 16.8 Å². The minimum absolute atomic E-state index is 0.0990. The van der Waals surface area contributed by atoms with Gasteiger partial charge in [-0.3, -0.25) is 30.0 Å². The monoisotopic (exact) mass is 281 g/mol. The van der Waals surface area contributed by atoms with E-state index in [1.165, 1.54) is 0 Å². The zero-order chi connectivity index (χ0) is 14.0. The predicted molar refractivity (Wildman–Crippen MR) is 67.3 cm³/mol. The molecule has 1 aromatic carbocycles. The lowest BCUT2D eigenvalue weighted by Crippen LogP contribution is -2.23. The molecule has 1 unspecified atom stereocenters. The van der Waals surface area contributed by atoms with Gasteiger partial charge >= 0.3 is 0 Å². The second-order valence-electron chi connectivity index (χ2n) is 3.53. The molecule has 8 nitrogen and oxygen atoms in total. The second kappa shape index (κ2) is 5.06. The molecule has 2 rings (SSSR count). The van der Waals surface area contributed by atoms with E-state index in [4.69, 9.17) is 0 Å². The van der Waals surface area contributed by atoms with Gasteiger partial charge in [-0.05, 0) is 17.8 Å². The average Bonchev–Trinajstić information content (AvgIpc) is 2.66. The van der Waals surface area contributed by atoms with Crippen LogP contribution in [0.3, 0.4) is 0 Å². The number of benzene rings is 1. The number of thioether (sulfide) groups is 1. The molecule has 0 radical (unpaired) electrons. The van der Waals surface area contributed by atoms with E-state index in [0.717, 1.165) is 24.4 Å². The van der Waals surface area contributed by atoms with Crippen LogP contribution in [0.4, 0.5) is 10.5 Å². The summed E-state index contributed by atoms with van der Waals surface area (Å²) in [5.74, 6) is -0.764. The molecule has 2 amide bonds. The van der Waals surface area contributed by atoms with E-state index in [1.807, 2.05) is 5.32 Å². The van der Waals surface area contributed by atoms with Crippen LogP contribution in [0.2, 0.25) is 0 Å². The molecule has 0 spiro atoms. The van der Waals surface area contributed by atoms with E-state index < -0.39 is 21.4 Å². The number of phenols is 1. The summed E-state index contributed by atoms with van der Waals surface area (Å²) in [7, 11) is 0. The van der Waals surface area contributed by atoms with Crippen molar-refractivity contribution in [3.05, 3.63) is 33.9 Å². The van der Waals surface area contributed by atoms with Gasteiger partial charge in [-0.25, -0.2) is 0 Å². The minimum atomic E-state index is -0.939. The average molecular weight is 281 g/mol. The fourth-order valence-electron chi connectivity index (χ4n) is 1.35. The van der Waals surface area contributed by atoms with Crippen molar-refractivity contribution >= 4 is 34.8 Å². The Morgan fingerprint density at radius 1 is 1.47 bits per heavy atom. The van der Waals surface area contributed by atoms with Gasteiger partial charge < -0.3 is 5.11 Å². The Bertz CT molecular complexity index is 601. The Kier molecular flexibility index (Phi) is 3.47. The van der Waals surface area contributed by atoms with Crippen LogP contribution in [0, 0.1) is 10.1 Å². The van der Waals surface area contributed by atoms with Crippen molar-refractivity contribution in [2.24, 2.45) is 4.99 Å². The van der Waals surface area contributed by atoms with E-state index in [2.05, 4.69) is 4.99 Å². The topological polar surface area (TPSA) is 122 Å². The van der Waals surface area contributed by atoms with Gasteiger partial charge in [-0.1, -0.05) is 0 Å². The Balaban J connectivity index is 2.23. The molecule has 1 atom stereocenters. The van der Waals surface area contributed by atoms with Gasteiger partial charge in [-0.2, -0.15) is 0 Å². The van der Waals surface area contributed by atoms with Crippen LogP contribution in [0.15, 0.2) is 23.2 Å². The largest absolute Gasteiger partial charge is 0.507 e. The van der Waals surface area contributed by atoms with Crippen LogP contribution in [-0.4, -0.2) is 32.8 Å². The SMILES string of the molecule is O=C1NC(=O)C(N=Cc2cc([N+](=O)[O-])ccc2O)S1. The number of nitro groups is 1. The van der Waals surface area contributed by atoms with Crippen LogP contribution >= 0.6 is 11.8 Å². The van der Waals surface area contributed by atoms with Crippen LogP contribution in [0.5, 0.6) is 5.75 Å². The highest BCUT2D eigenvalue weighted by Gasteiger charge is 2.30. The van der Waals surface area contributed by atoms with Crippen LogP contribution < -0.4 is 5.32 Å². The number of aliphatic imine (C=N–C) groups is 1. The Labute approximate surface area is 110 Å². The van der Waals surface area contributed by atoms with E-state index >= 15 is 0 Å². The lowest BCUT2D eigenvalue weighted by molar-refractivity contribution is -0.384. The molecular weight excluding hydrogens is 274 g/mol. The molecule has 1 fully saturated rings. The molecule has 0 saturated carbocycles. The fourth-order valence-corrected chi connectivity index (χ4v) is 2.00. The number of carbonyl (C=O) groups excluding carboxylic acids is 2. The highest BCUT2D eigenvalue weighted by Crippen LogP contribution is 2.23. The zero-order valence-corrected chi connectivity index (χ0v) is 10.1. The summed E-state index contributed by atoms with van der Waals surface area (Å²) in [6.07, 6.45) is 1.12. The van der Waals surface area contributed by atoms with Gasteiger partial charge in [0.05, 0.1) is 4.92 Å². The molecule has 1 aromatic rings. The zero-order valence-electron chi connectivity index (χ0n) is 9.27. The Morgan fingerprint density at radius 2 is 2.21 bits per heavy atom.